The fourth-order valence-electron chi connectivity index (χ4n) is 1.15. The highest BCUT2D eigenvalue weighted by Gasteiger charge is 2.12. The van der Waals surface area contributed by atoms with Crippen LogP contribution in [-0.4, -0.2) is 10.2 Å². The molecule has 5 N–H and O–H groups in total. The Labute approximate surface area is 77.0 Å². The first-order valence-electron chi connectivity index (χ1n) is 4.05. The summed E-state index contributed by atoms with van der Waals surface area (Å²) >= 11 is 0. The van der Waals surface area contributed by atoms with Gasteiger partial charge in [0.15, 0.2) is 0 Å². The molecule has 0 aliphatic carbocycles. The Bertz CT molecular complexity index is 313. The van der Waals surface area contributed by atoms with Gasteiger partial charge in [0.25, 0.3) is 0 Å². The summed E-state index contributed by atoms with van der Waals surface area (Å²) < 4.78 is 0. The number of hydrogen-bond donors (Lipinski definition) is 4. The van der Waals surface area contributed by atoms with E-state index >= 15 is 0 Å². The van der Waals surface area contributed by atoms with Gasteiger partial charge in [-0.15, -0.1) is 0 Å². The molecule has 0 aliphatic heterocycles. The number of nitrogens with one attached hydrogen (secondary N) is 1. The van der Waals surface area contributed by atoms with Gasteiger partial charge in [0.1, 0.15) is 11.5 Å². The SMILES string of the molecule is Cc1c(O)ccc(C(C)NN)c1O. The third kappa shape index (κ3) is 1.74. The lowest BCUT2D eigenvalue weighted by atomic mass is 10.0. The number of rotatable bonds is 2. The van der Waals surface area contributed by atoms with Gasteiger partial charge in [-0.05, 0) is 19.9 Å². The smallest absolute Gasteiger partial charge is 0.126 e. The molecule has 0 amide bonds. The zero-order valence-corrected chi connectivity index (χ0v) is 7.70. The Hall–Kier alpha value is -1.26. The summed E-state index contributed by atoms with van der Waals surface area (Å²) in [7, 11) is 0. The number of nitrogens with two attached hydrogens (primary N) is 1. The van der Waals surface area contributed by atoms with Crippen molar-refractivity contribution < 1.29 is 10.2 Å². The third-order valence-corrected chi connectivity index (χ3v) is 2.15. The maximum Gasteiger partial charge on any atom is 0.126 e. The molecule has 1 unspecified atom stereocenters. The van der Waals surface area contributed by atoms with E-state index in [1.54, 1.807) is 13.0 Å². The summed E-state index contributed by atoms with van der Waals surface area (Å²) in [5.74, 6) is 5.41. The van der Waals surface area contributed by atoms with Gasteiger partial charge in [0, 0.05) is 17.2 Å². The quantitative estimate of drug-likeness (QED) is 0.405. The van der Waals surface area contributed by atoms with Crippen molar-refractivity contribution in [2.45, 2.75) is 19.9 Å². The average Bonchev–Trinajstić information content (AvgIpc) is 2.13. The number of aromatic hydroxyl groups is 2. The molecular weight excluding hydrogens is 168 g/mol. The van der Waals surface area contributed by atoms with Gasteiger partial charge in [-0.1, -0.05) is 6.07 Å². The second-order valence-corrected chi connectivity index (χ2v) is 3.04. The van der Waals surface area contributed by atoms with E-state index in [0.717, 1.165) is 0 Å². The number of phenolic OH excluding ortho intramolecular Hbond substituents is 2. The molecule has 72 valence electrons. The monoisotopic (exact) mass is 182 g/mol. The Morgan fingerprint density at radius 3 is 2.54 bits per heavy atom. The van der Waals surface area contributed by atoms with Gasteiger partial charge in [-0.2, -0.15) is 0 Å². The molecule has 0 bridgehead atoms. The maximum atomic E-state index is 9.62. The van der Waals surface area contributed by atoms with Gasteiger partial charge in [0.05, 0.1) is 0 Å². The van der Waals surface area contributed by atoms with Crippen LogP contribution in [0.2, 0.25) is 0 Å². The van der Waals surface area contributed by atoms with Crippen LogP contribution in [0.1, 0.15) is 24.1 Å². The van der Waals surface area contributed by atoms with E-state index in [2.05, 4.69) is 5.43 Å². The highest BCUT2D eigenvalue weighted by molar-refractivity contribution is 5.48. The summed E-state index contributed by atoms with van der Waals surface area (Å²) in [4.78, 5) is 0. The lowest BCUT2D eigenvalue weighted by molar-refractivity contribution is 0.430. The van der Waals surface area contributed by atoms with Crippen LogP contribution in [0.5, 0.6) is 11.5 Å². The van der Waals surface area contributed by atoms with Crippen molar-refractivity contribution in [1.82, 2.24) is 5.43 Å². The van der Waals surface area contributed by atoms with E-state index in [1.807, 2.05) is 6.92 Å². The van der Waals surface area contributed by atoms with Gasteiger partial charge in [0.2, 0.25) is 0 Å². The fourth-order valence-corrected chi connectivity index (χ4v) is 1.15. The zero-order chi connectivity index (χ0) is 10.0. The van der Waals surface area contributed by atoms with Crippen molar-refractivity contribution in [3.63, 3.8) is 0 Å². The lowest BCUT2D eigenvalue weighted by Crippen LogP contribution is -2.25. The molecular formula is C9H14N2O2. The first-order chi connectivity index (χ1) is 6.07. The van der Waals surface area contributed by atoms with Crippen LogP contribution in [0, 0.1) is 6.92 Å². The minimum atomic E-state index is -0.140. The van der Waals surface area contributed by atoms with Crippen molar-refractivity contribution >= 4 is 0 Å². The lowest BCUT2D eigenvalue weighted by Gasteiger charge is -2.14. The van der Waals surface area contributed by atoms with Gasteiger partial charge < -0.3 is 10.2 Å². The molecule has 0 fully saturated rings. The van der Waals surface area contributed by atoms with Crippen LogP contribution >= 0.6 is 0 Å². The molecule has 0 aliphatic rings. The minimum absolute atomic E-state index is 0.0884. The van der Waals surface area contributed by atoms with E-state index in [-0.39, 0.29) is 17.5 Å². The molecule has 0 spiro atoms. The molecule has 0 heterocycles. The number of phenols is 2. The summed E-state index contributed by atoms with van der Waals surface area (Å²) in [5.41, 5.74) is 3.68. The van der Waals surface area contributed by atoms with Crippen molar-refractivity contribution in [3.8, 4) is 11.5 Å². The minimum Gasteiger partial charge on any atom is -0.508 e. The average molecular weight is 182 g/mol. The molecule has 0 aromatic heterocycles. The number of benzene rings is 1. The van der Waals surface area contributed by atoms with Gasteiger partial charge in [-0.3, -0.25) is 11.3 Å². The van der Waals surface area contributed by atoms with E-state index in [1.165, 1.54) is 6.07 Å². The van der Waals surface area contributed by atoms with E-state index in [4.69, 9.17) is 5.84 Å². The molecule has 1 atom stereocenters. The highest BCUT2D eigenvalue weighted by atomic mass is 16.3. The maximum absolute atomic E-state index is 9.62. The van der Waals surface area contributed by atoms with Crippen molar-refractivity contribution in [3.05, 3.63) is 23.3 Å². The van der Waals surface area contributed by atoms with Crippen LogP contribution in [0.25, 0.3) is 0 Å². The third-order valence-electron chi connectivity index (χ3n) is 2.15. The summed E-state index contributed by atoms with van der Waals surface area (Å²) in [6.45, 7) is 3.48. The summed E-state index contributed by atoms with van der Waals surface area (Å²) in [6.07, 6.45) is 0. The second kappa shape index (κ2) is 3.64. The molecule has 0 radical (unpaired) electrons. The molecule has 13 heavy (non-hydrogen) atoms. The predicted octanol–water partition coefficient (Wildman–Crippen LogP) is 0.931. The normalized spacial score (nSPS) is 12.8. The molecule has 4 nitrogen and oxygen atoms in total. The van der Waals surface area contributed by atoms with E-state index in [0.29, 0.717) is 11.1 Å². The summed E-state index contributed by atoms with van der Waals surface area (Å²) in [6, 6.07) is 3.04. The van der Waals surface area contributed by atoms with E-state index in [9.17, 15) is 10.2 Å². The Morgan fingerprint density at radius 1 is 1.38 bits per heavy atom. The van der Waals surface area contributed by atoms with Crippen LogP contribution in [0.3, 0.4) is 0 Å². The largest absolute Gasteiger partial charge is 0.508 e. The Balaban J connectivity index is 3.18. The fraction of sp³-hybridized carbons (Fsp3) is 0.333. The molecule has 1 aromatic carbocycles. The molecule has 0 saturated carbocycles. The van der Waals surface area contributed by atoms with Crippen LogP contribution < -0.4 is 11.3 Å². The van der Waals surface area contributed by atoms with Crippen molar-refractivity contribution in [2.24, 2.45) is 5.84 Å². The topological polar surface area (TPSA) is 78.5 Å². The standard InChI is InChI=1S/C9H14N2O2/c1-5-8(12)4-3-7(9(5)13)6(2)11-10/h3-4,6,11-13H,10H2,1-2H3. The molecule has 0 saturated heterocycles. The first kappa shape index (κ1) is 9.83. The number of hydrazine groups is 1. The van der Waals surface area contributed by atoms with Gasteiger partial charge >= 0.3 is 0 Å². The number of hydrogen-bond acceptors (Lipinski definition) is 4. The molecule has 1 aromatic rings. The van der Waals surface area contributed by atoms with Crippen LogP contribution in [-0.2, 0) is 0 Å². The summed E-state index contributed by atoms with van der Waals surface area (Å²) in [5, 5.41) is 18.9. The molecule has 4 heteroatoms. The highest BCUT2D eigenvalue weighted by Crippen LogP contribution is 2.32. The van der Waals surface area contributed by atoms with Gasteiger partial charge in [-0.25, -0.2) is 0 Å². The van der Waals surface area contributed by atoms with Crippen molar-refractivity contribution in [2.75, 3.05) is 0 Å². The predicted molar refractivity (Wildman–Crippen MR) is 50.2 cm³/mol. The van der Waals surface area contributed by atoms with E-state index < -0.39 is 0 Å². The Morgan fingerprint density at radius 2 is 2.00 bits per heavy atom. The van der Waals surface area contributed by atoms with Crippen LogP contribution in [0.4, 0.5) is 0 Å². The zero-order valence-electron chi connectivity index (χ0n) is 7.70. The van der Waals surface area contributed by atoms with Crippen LogP contribution in [0.15, 0.2) is 12.1 Å². The second-order valence-electron chi connectivity index (χ2n) is 3.04. The first-order valence-corrected chi connectivity index (χ1v) is 4.05. The Kier molecular flexibility index (Phi) is 2.75. The molecule has 1 rings (SSSR count). The van der Waals surface area contributed by atoms with Crippen molar-refractivity contribution in [1.29, 1.82) is 0 Å².